The van der Waals surface area contributed by atoms with Gasteiger partial charge < -0.3 is 15.5 Å². The van der Waals surface area contributed by atoms with Gasteiger partial charge in [0, 0.05) is 12.6 Å². The van der Waals surface area contributed by atoms with Crippen molar-refractivity contribution in [3.63, 3.8) is 0 Å². The molecule has 0 aliphatic carbocycles. The van der Waals surface area contributed by atoms with Gasteiger partial charge in [0.05, 0.1) is 5.56 Å². The van der Waals surface area contributed by atoms with Crippen LogP contribution in [0.5, 0.6) is 5.75 Å². The molecule has 0 saturated heterocycles. The zero-order valence-corrected chi connectivity index (χ0v) is 11.6. The maximum Gasteiger partial charge on any atom is 0.337 e. The van der Waals surface area contributed by atoms with Gasteiger partial charge >= 0.3 is 5.97 Å². The minimum absolute atomic E-state index is 0.00348. The quantitative estimate of drug-likeness (QED) is 0.592. The van der Waals surface area contributed by atoms with Gasteiger partial charge in [0.15, 0.2) is 0 Å². The van der Waals surface area contributed by atoms with Crippen molar-refractivity contribution in [2.75, 3.05) is 5.32 Å². The van der Waals surface area contributed by atoms with Gasteiger partial charge in [0.25, 0.3) is 0 Å². The highest BCUT2D eigenvalue weighted by Crippen LogP contribution is 2.31. The lowest BCUT2D eigenvalue weighted by atomic mass is 10.2. The number of anilines is 1. The Morgan fingerprint density at radius 1 is 1.05 bits per heavy atom. The molecule has 0 aliphatic rings. The number of azo groups is 1. The van der Waals surface area contributed by atoms with E-state index in [1.165, 1.54) is 37.3 Å². The number of aromatic carboxylic acids is 1. The summed E-state index contributed by atoms with van der Waals surface area (Å²) in [6.45, 7) is 1.36. The van der Waals surface area contributed by atoms with Crippen LogP contribution in [0.25, 0.3) is 0 Å². The number of hydrogen-bond acceptors (Lipinski definition) is 5. The zero-order chi connectivity index (χ0) is 16.1. The van der Waals surface area contributed by atoms with Crippen LogP contribution in [0.2, 0.25) is 0 Å². The number of nitrogens with one attached hydrogen (secondary N) is 1. The van der Waals surface area contributed by atoms with Crippen LogP contribution in [-0.4, -0.2) is 22.1 Å². The van der Waals surface area contributed by atoms with Crippen molar-refractivity contribution in [3.8, 4) is 5.75 Å². The van der Waals surface area contributed by atoms with Crippen molar-refractivity contribution in [2.24, 2.45) is 10.2 Å². The van der Waals surface area contributed by atoms with E-state index >= 15 is 0 Å². The van der Waals surface area contributed by atoms with E-state index in [0.29, 0.717) is 5.69 Å². The van der Waals surface area contributed by atoms with Crippen LogP contribution < -0.4 is 5.32 Å². The van der Waals surface area contributed by atoms with Crippen molar-refractivity contribution in [1.29, 1.82) is 0 Å². The van der Waals surface area contributed by atoms with Crippen LogP contribution in [0.15, 0.2) is 52.7 Å². The van der Waals surface area contributed by atoms with E-state index in [9.17, 15) is 14.7 Å². The summed E-state index contributed by atoms with van der Waals surface area (Å²) >= 11 is 0. The molecule has 0 aromatic heterocycles. The Morgan fingerprint density at radius 2 is 1.73 bits per heavy atom. The largest absolute Gasteiger partial charge is 0.506 e. The van der Waals surface area contributed by atoms with Crippen LogP contribution in [0.4, 0.5) is 17.1 Å². The van der Waals surface area contributed by atoms with Gasteiger partial charge in [-0.05, 0) is 30.3 Å². The first-order valence-electron chi connectivity index (χ1n) is 6.32. The molecule has 7 heteroatoms. The SMILES string of the molecule is CC(=O)Nc1ccc(O)c(N=Nc2ccccc2C(=O)O)c1. The van der Waals surface area contributed by atoms with Gasteiger partial charge in [-0.3, -0.25) is 4.79 Å². The summed E-state index contributed by atoms with van der Waals surface area (Å²) in [4.78, 5) is 22.1. The highest BCUT2D eigenvalue weighted by atomic mass is 16.4. The number of nitrogens with zero attached hydrogens (tertiary/aromatic N) is 2. The number of carboxylic acid groups (broad SMARTS) is 1. The molecule has 0 unspecified atom stereocenters. The fourth-order valence-corrected chi connectivity index (χ4v) is 1.73. The number of phenolic OH excluding ortho intramolecular Hbond substituents is 1. The summed E-state index contributed by atoms with van der Waals surface area (Å²) in [6, 6.07) is 10.4. The molecule has 7 nitrogen and oxygen atoms in total. The molecular formula is C15H13N3O4. The number of hydrogen-bond donors (Lipinski definition) is 3. The van der Waals surface area contributed by atoms with Gasteiger partial charge in [0.2, 0.25) is 5.91 Å². The minimum Gasteiger partial charge on any atom is -0.506 e. The fourth-order valence-electron chi connectivity index (χ4n) is 1.73. The lowest BCUT2D eigenvalue weighted by Crippen LogP contribution is -2.05. The number of carbonyl (C=O) groups excluding carboxylic acids is 1. The summed E-state index contributed by atoms with van der Waals surface area (Å²) in [5.74, 6) is -1.51. The Bertz CT molecular complexity index is 756. The molecule has 0 aliphatic heterocycles. The van der Waals surface area contributed by atoms with E-state index in [4.69, 9.17) is 5.11 Å². The maximum atomic E-state index is 11.1. The van der Waals surface area contributed by atoms with E-state index in [0.717, 1.165) is 0 Å². The van der Waals surface area contributed by atoms with Crippen molar-refractivity contribution in [3.05, 3.63) is 48.0 Å². The fraction of sp³-hybridized carbons (Fsp3) is 0.0667. The maximum absolute atomic E-state index is 11.1. The zero-order valence-electron chi connectivity index (χ0n) is 11.6. The number of amides is 1. The molecule has 0 atom stereocenters. The van der Waals surface area contributed by atoms with Crippen LogP contribution in [-0.2, 0) is 4.79 Å². The summed E-state index contributed by atoms with van der Waals surface area (Å²) in [7, 11) is 0. The van der Waals surface area contributed by atoms with Crippen molar-refractivity contribution in [2.45, 2.75) is 6.92 Å². The van der Waals surface area contributed by atoms with Crippen LogP contribution in [0, 0.1) is 0 Å². The number of phenols is 1. The number of aromatic hydroxyl groups is 1. The van der Waals surface area contributed by atoms with E-state index in [2.05, 4.69) is 15.5 Å². The Morgan fingerprint density at radius 3 is 2.41 bits per heavy atom. The standard InChI is InChI=1S/C15H13N3O4/c1-9(19)16-10-6-7-14(20)13(8-10)18-17-12-5-3-2-4-11(12)15(21)22/h2-8,20H,1H3,(H,16,19)(H,21,22). The molecule has 0 heterocycles. The highest BCUT2D eigenvalue weighted by molar-refractivity contribution is 5.93. The van der Waals surface area contributed by atoms with Gasteiger partial charge in [-0.25, -0.2) is 4.79 Å². The van der Waals surface area contributed by atoms with Crippen molar-refractivity contribution < 1.29 is 19.8 Å². The summed E-state index contributed by atoms with van der Waals surface area (Å²) in [5, 5.41) is 29.1. The summed E-state index contributed by atoms with van der Waals surface area (Å²) in [6.07, 6.45) is 0. The first kappa shape index (κ1) is 15.2. The molecule has 0 bridgehead atoms. The molecule has 0 spiro atoms. The van der Waals surface area contributed by atoms with E-state index in [1.54, 1.807) is 12.1 Å². The molecule has 0 saturated carbocycles. The van der Waals surface area contributed by atoms with E-state index in [1.807, 2.05) is 0 Å². The van der Waals surface area contributed by atoms with E-state index in [-0.39, 0.29) is 28.6 Å². The first-order valence-corrected chi connectivity index (χ1v) is 6.32. The monoisotopic (exact) mass is 299 g/mol. The van der Waals surface area contributed by atoms with E-state index < -0.39 is 5.97 Å². The number of carbonyl (C=O) groups is 2. The number of carboxylic acids is 1. The van der Waals surface area contributed by atoms with Gasteiger partial charge in [-0.15, -0.1) is 10.2 Å². The first-order chi connectivity index (χ1) is 10.5. The molecule has 3 N–H and O–H groups in total. The average Bonchev–Trinajstić information content (AvgIpc) is 2.47. The third-order valence-electron chi connectivity index (χ3n) is 2.70. The summed E-state index contributed by atoms with van der Waals surface area (Å²) < 4.78 is 0. The molecule has 1 amide bonds. The van der Waals surface area contributed by atoms with Gasteiger partial charge in [0.1, 0.15) is 17.1 Å². The van der Waals surface area contributed by atoms with Crippen LogP contribution >= 0.6 is 0 Å². The molecule has 2 aromatic carbocycles. The number of rotatable bonds is 4. The van der Waals surface area contributed by atoms with Crippen LogP contribution in [0.3, 0.4) is 0 Å². The molecule has 0 radical (unpaired) electrons. The second-order valence-corrected chi connectivity index (χ2v) is 4.41. The topological polar surface area (TPSA) is 111 Å². The Balaban J connectivity index is 2.34. The predicted molar refractivity (Wildman–Crippen MR) is 80.0 cm³/mol. The number of benzene rings is 2. The van der Waals surface area contributed by atoms with Crippen LogP contribution in [0.1, 0.15) is 17.3 Å². The molecule has 0 fully saturated rings. The van der Waals surface area contributed by atoms with Crippen molar-refractivity contribution in [1.82, 2.24) is 0 Å². The molecule has 22 heavy (non-hydrogen) atoms. The molecule has 112 valence electrons. The van der Waals surface area contributed by atoms with Gasteiger partial charge in [-0.2, -0.15) is 0 Å². The van der Waals surface area contributed by atoms with Crippen molar-refractivity contribution >= 4 is 28.9 Å². The Hall–Kier alpha value is -3.22. The second-order valence-electron chi connectivity index (χ2n) is 4.41. The lowest BCUT2D eigenvalue weighted by Gasteiger charge is -2.04. The third kappa shape index (κ3) is 3.66. The molecule has 2 rings (SSSR count). The van der Waals surface area contributed by atoms with Gasteiger partial charge in [-0.1, -0.05) is 12.1 Å². The molecule has 2 aromatic rings. The molecular weight excluding hydrogens is 286 g/mol. The average molecular weight is 299 g/mol. The Kier molecular flexibility index (Phi) is 4.47. The third-order valence-corrected chi connectivity index (χ3v) is 2.70. The highest BCUT2D eigenvalue weighted by Gasteiger charge is 2.09. The minimum atomic E-state index is -1.12. The summed E-state index contributed by atoms with van der Waals surface area (Å²) in [5.41, 5.74) is 0.736. The predicted octanol–water partition coefficient (Wildman–Crippen LogP) is 3.46. The normalized spacial score (nSPS) is 10.6. The smallest absolute Gasteiger partial charge is 0.337 e. The second kappa shape index (κ2) is 6.49. The Labute approximate surface area is 125 Å². The lowest BCUT2D eigenvalue weighted by molar-refractivity contribution is -0.114.